The smallest absolute Gasteiger partial charge is 0.142 e. The fourth-order valence-corrected chi connectivity index (χ4v) is 1.26. The minimum atomic E-state index is -0.380. The molecule has 0 aliphatic carbocycles. The maximum Gasteiger partial charge on any atom is 0.142 e. The summed E-state index contributed by atoms with van der Waals surface area (Å²) in [6.07, 6.45) is 0.178. The number of nitrogen functional groups attached to an aromatic ring is 1. The maximum absolute atomic E-state index is 9.20. The molecule has 13 heavy (non-hydrogen) atoms. The van der Waals surface area contributed by atoms with Gasteiger partial charge in [-0.1, -0.05) is 12.1 Å². The van der Waals surface area contributed by atoms with Crippen molar-refractivity contribution in [2.45, 2.75) is 19.4 Å². The lowest BCUT2D eigenvalue weighted by Gasteiger charge is -2.10. The number of aliphatic hydroxyl groups excluding tert-OH is 1. The molecule has 0 aliphatic heterocycles. The molecule has 1 aromatic rings. The average Bonchev–Trinajstić information content (AvgIpc) is 2.08. The van der Waals surface area contributed by atoms with Crippen LogP contribution in [0.25, 0.3) is 0 Å². The van der Waals surface area contributed by atoms with E-state index < -0.39 is 0 Å². The minimum absolute atomic E-state index is 0.380. The van der Waals surface area contributed by atoms with Gasteiger partial charge >= 0.3 is 0 Å². The van der Waals surface area contributed by atoms with Crippen LogP contribution in [0.5, 0.6) is 5.75 Å². The summed E-state index contributed by atoms with van der Waals surface area (Å²) in [4.78, 5) is 0. The molecule has 0 bridgehead atoms. The number of hydrogen-bond donors (Lipinski definition) is 2. The van der Waals surface area contributed by atoms with Gasteiger partial charge in [-0.05, 0) is 18.6 Å². The van der Waals surface area contributed by atoms with E-state index in [0.29, 0.717) is 17.9 Å². The normalized spacial score (nSPS) is 12.5. The second kappa shape index (κ2) is 4.14. The molecule has 0 aromatic heterocycles. The number of nitrogens with two attached hydrogens (primary N) is 1. The van der Waals surface area contributed by atoms with Crippen molar-refractivity contribution in [3.63, 3.8) is 0 Å². The van der Waals surface area contributed by atoms with Crippen LogP contribution >= 0.6 is 0 Å². The Morgan fingerprint density at radius 2 is 2.23 bits per heavy atom. The van der Waals surface area contributed by atoms with Gasteiger partial charge in [0.25, 0.3) is 0 Å². The Balaban J connectivity index is 2.94. The van der Waals surface area contributed by atoms with Crippen LogP contribution in [-0.2, 0) is 6.42 Å². The molecule has 0 saturated heterocycles. The third kappa shape index (κ3) is 2.36. The van der Waals surface area contributed by atoms with E-state index in [2.05, 4.69) is 0 Å². The minimum Gasteiger partial charge on any atom is -0.495 e. The summed E-state index contributed by atoms with van der Waals surface area (Å²) in [6, 6.07) is 5.57. The maximum atomic E-state index is 9.20. The first-order chi connectivity index (χ1) is 6.15. The zero-order valence-corrected chi connectivity index (χ0v) is 7.95. The van der Waals surface area contributed by atoms with Crippen LogP contribution in [0.3, 0.4) is 0 Å². The molecule has 0 spiro atoms. The SMILES string of the molecule is COc1cccc(C[C@@H](C)O)c1N. The molecule has 1 aromatic carbocycles. The highest BCUT2D eigenvalue weighted by atomic mass is 16.5. The number of methoxy groups -OCH3 is 1. The Labute approximate surface area is 78.1 Å². The molecule has 0 aliphatic rings. The van der Waals surface area contributed by atoms with Crippen LogP contribution in [0, 0.1) is 0 Å². The van der Waals surface area contributed by atoms with Crippen LogP contribution in [0.2, 0.25) is 0 Å². The Morgan fingerprint density at radius 1 is 1.54 bits per heavy atom. The fraction of sp³-hybridized carbons (Fsp3) is 0.400. The summed E-state index contributed by atoms with van der Waals surface area (Å²) in [5.41, 5.74) is 7.35. The molecule has 1 rings (SSSR count). The van der Waals surface area contributed by atoms with Gasteiger partial charge in [-0.2, -0.15) is 0 Å². The first-order valence-electron chi connectivity index (χ1n) is 4.24. The molecule has 72 valence electrons. The quantitative estimate of drug-likeness (QED) is 0.689. The highest BCUT2D eigenvalue weighted by molar-refractivity contribution is 5.58. The number of aliphatic hydroxyl groups is 1. The van der Waals surface area contributed by atoms with Gasteiger partial charge in [-0.25, -0.2) is 0 Å². The van der Waals surface area contributed by atoms with Gasteiger partial charge in [0.15, 0.2) is 0 Å². The van der Waals surface area contributed by atoms with Crippen molar-refractivity contribution in [2.24, 2.45) is 0 Å². The predicted octanol–water partition coefficient (Wildman–Crippen LogP) is 1.20. The van der Waals surface area contributed by atoms with E-state index in [0.717, 1.165) is 5.56 Å². The standard InChI is InChI=1S/C10H15NO2/c1-7(12)6-8-4-3-5-9(13-2)10(8)11/h3-5,7,12H,6,11H2,1-2H3/t7-/m1/s1. The molecule has 0 heterocycles. The van der Waals surface area contributed by atoms with Crippen molar-refractivity contribution in [1.82, 2.24) is 0 Å². The van der Waals surface area contributed by atoms with Crippen molar-refractivity contribution in [3.8, 4) is 5.75 Å². The van der Waals surface area contributed by atoms with Crippen molar-refractivity contribution in [1.29, 1.82) is 0 Å². The summed E-state index contributed by atoms with van der Waals surface area (Å²) in [7, 11) is 1.58. The largest absolute Gasteiger partial charge is 0.495 e. The molecule has 3 heteroatoms. The van der Waals surface area contributed by atoms with E-state index in [9.17, 15) is 5.11 Å². The van der Waals surface area contributed by atoms with Gasteiger partial charge in [-0.3, -0.25) is 0 Å². The third-order valence-electron chi connectivity index (χ3n) is 1.89. The van der Waals surface area contributed by atoms with Crippen LogP contribution in [0.15, 0.2) is 18.2 Å². The molecule has 0 radical (unpaired) electrons. The summed E-state index contributed by atoms with van der Waals surface area (Å²) in [5.74, 6) is 0.665. The van der Waals surface area contributed by atoms with Crippen molar-refractivity contribution in [3.05, 3.63) is 23.8 Å². The third-order valence-corrected chi connectivity index (χ3v) is 1.89. The lowest BCUT2D eigenvalue weighted by Crippen LogP contribution is -2.07. The molecule has 0 amide bonds. The summed E-state index contributed by atoms with van der Waals surface area (Å²) < 4.78 is 5.06. The van der Waals surface area contributed by atoms with Gasteiger partial charge in [0.05, 0.1) is 18.9 Å². The van der Waals surface area contributed by atoms with Gasteiger partial charge in [0, 0.05) is 6.42 Å². The number of rotatable bonds is 3. The summed E-state index contributed by atoms with van der Waals surface area (Å²) in [5, 5.41) is 9.20. The molecule has 1 atom stereocenters. The van der Waals surface area contributed by atoms with E-state index in [1.54, 1.807) is 20.1 Å². The Bertz CT molecular complexity index is 284. The van der Waals surface area contributed by atoms with E-state index >= 15 is 0 Å². The molecule has 0 unspecified atom stereocenters. The predicted molar refractivity (Wildman–Crippen MR) is 52.8 cm³/mol. The van der Waals surface area contributed by atoms with Crippen molar-refractivity contribution in [2.75, 3.05) is 12.8 Å². The second-order valence-electron chi connectivity index (χ2n) is 3.09. The molecule has 3 nitrogen and oxygen atoms in total. The molecule has 0 fully saturated rings. The lowest BCUT2D eigenvalue weighted by atomic mass is 10.1. The van der Waals surface area contributed by atoms with E-state index in [1.807, 2.05) is 12.1 Å². The fourth-order valence-electron chi connectivity index (χ4n) is 1.26. The van der Waals surface area contributed by atoms with Gasteiger partial charge in [0.2, 0.25) is 0 Å². The van der Waals surface area contributed by atoms with E-state index in [-0.39, 0.29) is 6.10 Å². The van der Waals surface area contributed by atoms with E-state index in [4.69, 9.17) is 10.5 Å². The number of para-hydroxylation sites is 1. The van der Waals surface area contributed by atoms with Crippen molar-refractivity contribution >= 4 is 5.69 Å². The van der Waals surface area contributed by atoms with Gasteiger partial charge in [0.1, 0.15) is 5.75 Å². The van der Waals surface area contributed by atoms with Gasteiger partial charge < -0.3 is 15.6 Å². The zero-order valence-electron chi connectivity index (χ0n) is 7.95. The number of benzene rings is 1. The first-order valence-corrected chi connectivity index (χ1v) is 4.24. The second-order valence-corrected chi connectivity index (χ2v) is 3.09. The topological polar surface area (TPSA) is 55.5 Å². The Morgan fingerprint density at radius 3 is 2.77 bits per heavy atom. The molecule has 0 saturated carbocycles. The molecular weight excluding hydrogens is 166 g/mol. The number of hydrogen-bond acceptors (Lipinski definition) is 3. The number of anilines is 1. The average molecular weight is 181 g/mol. The first kappa shape index (κ1) is 9.86. The van der Waals surface area contributed by atoms with Crippen LogP contribution in [-0.4, -0.2) is 18.3 Å². The number of ether oxygens (including phenoxy) is 1. The summed E-state index contributed by atoms with van der Waals surface area (Å²) in [6.45, 7) is 1.74. The Hall–Kier alpha value is -1.22. The van der Waals surface area contributed by atoms with Crippen LogP contribution < -0.4 is 10.5 Å². The monoisotopic (exact) mass is 181 g/mol. The molecule has 3 N–H and O–H groups in total. The Kier molecular flexibility index (Phi) is 3.14. The van der Waals surface area contributed by atoms with Crippen molar-refractivity contribution < 1.29 is 9.84 Å². The molecular formula is C10H15NO2. The van der Waals surface area contributed by atoms with Crippen LogP contribution in [0.1, 0.15) is 12.5 Å². The van der Waals surface area contributed by atoms with Gasteiger partial charge in [-0.15, -0.1) is 0 Å². The highest BCUT2D eigenvalue weighted by Gasteiger charge is 2.06. The lowest BCUT2D eigenvalue weighted by molar-refractivity contribution is 0.195. The van der Waals surface area contributed by atoms with E-state index in [1.165, 1.54) is 0 Å². The summed E-state index contributed by atoms with van der Waals surface area (Å²) >= 11 is 0. The highest BCUT2D eigenvalue weighted by Crippen LogP contribution is 2.25. The van der Waals surface area contributed by atoms with Crippen LogP contribution in [0.4, 0.5) is 5.69 Å². The zero-order chi connectivity index (χ0) is 9.84.